The molecule has 2 atom stereocenters. The van der Waals surface area contributed by atoms with Gasteiger partial charge in [-0.2, -0.15) is 0 Å². The number of hydrogen-bond donors (Lipinski definition) is 4. The molecule has 0 saturated carbocycles. The monoisotopic (exact) mass is 209 g/mol. The van der Waals surface area contributed by atoms with Crippen molar-refractivity contribution in [3.63, 3.8) is 0 Å². The Bertz CT molecular complexity index is 361. The Labute approximate surface area is 87.4 Å². The SMILES string of the molecule is O=C(O)[C@@]1(CC2(O)C=CC(O)=CC2)BN1. The van der Waals surface area contributed by atoms with E-state index in [1.165, 1.54) is 18.2 Å². The largest absolute Gasteiger partial charge is 0.508 e. The summed E-state index contributed by atoms with van der Waals surface area (Å²) in [4.78, 5) is 10.9. The van der Waals surface area contributed by atoms with Gasteiger partial charge < -0.3 is 20.5 Å². The number of aliphatic hydroxyl groups excluding tert-OH is 1. The first-order chi connectivity index (χ1) is 6.96. The Morgan fingerprint density at radius 1 is 1.67 bits per heavy atom. The standard InChI is InChI=1S/C9H12BNO4/c12-6-1-3-8(15,4-2-6)5-9(7(13)14)10-11-9/h1-3,10-12,15H,4-5H2,(H,13,14)/t8?,9-/m0/s1. The van der Waals surface area contributed by atoms with Crippen molar-refractivity contribution in [3.05, 3.63) is 24.0 Å². The Morgan fingerprint density at radius 2 is 2.33 bits per heavy atom. The molecule has 0 radical (unpaired) electrons. The van der Waals surface area contributed by atoms with Crippen LogP contribution in [0, 0.1) is 0 Å². The van der Waals surface area contributed by atoms with E-state index in [0.717, 1.165) is 0 Å². The quantitative estimate of drug-likeness (QED) is 0.361. The van der Waals surface area contributed by atoms with Gasteiger partial charge in [0.2, 0.25) is 7.41 Å². The van der Waals surface area contributed by atoms with E-state index in [1.807, 2.05) is 0 Å². The van der Waals surface area contributed by atoms with E-state index in [2.05, 4.69) is 5.23 Å². The first-order valence-electron chi connectivity index (χ1n) is 4.75. The van der Waals surface area contributed by atoms with Crippen molar-refractivity contribution in [2.45, 2.75) is 23.9 Å². The van der Waals surface area contributed by atoms with E-state index in [9.17, 15) is 9.90 Å². The fraction of sp³-hybridized carbons (Fsp3) is 0.444. The lowest BCUT2D eigenvalue weighted by atomic mass is 9.76. The molecule has 0 bridgehead atoms. The molecule has 5 nitrogen and oxygen atoms in total. The molecule has 15 heavy (non-hydrogen) atoms. The molecule has 80 valence electrons. The first-order valence-corrected chi connectivity index (χ1v) is 4.75. The average molecular weight is 209 g/mol. The summed E-state index contributed by atoms with van der Waals surface area (Å²) in [6.07, 6.45) is 4.69. The van der Waals surface area contributed by atoms with Crippen LogP contribution in [0.1, 0.15) is 12.8 Å². The summed E-state index contributed by atoms with van der Waals surface area (Å²) in [6.45, 7) is 0. The predicted molar refractivity (Wildman–Crippen MR) is 54.7 cm³/mol. The highest BCUT2D eigenvalue weighted by molar-refractivity contribution is 6.57. The van der Waals surface area contributed by atoms with Crippen LogP contribution in [-0.4, -0.2) is 39.7 Å². The van der Waals surface area contributed by atoms with Gasteiger partial charge in [0.1, 0.15) is 5.76 Å². The van der Waals surface area contributed by atoms with Crippen molar-refractivity contribution in [2.24, 2.45) is 0 Å². The maximum absolute atomic E-state index is 10.9. The molecule has 2 aliphatic rings. The van der Waals surface area contributed by atoms with Gasteiger partial charge in [-0.1, -0.05) is 0 Å². The fourth-order valence-corrected chi connectivity index (χ4v) is 1.77. The second-order valence-corrected chi connectivity index (χ2v) is 4.19. The smallest absolute Gasteiger partial charge is 0.316 e. The van der Waals surface area contributed by atoms with Crippen LogP contribution in [0.25, 0.3) is 0 Å². The molecule has 4 N–H and O–H groups in total. The Balaban J connectivity index is 2.07. The molecule has 1 aliphatic heterocycles. The lowest BCUT2D eigenvalue weighted by Crippen LogP contribution is -2.40. The molecular weight excluding hydrogens is 197 g/mol. The Morgan fingerprint density at radius 3 is 2.73 bits per heavy atom. The van der Waals surface area contributed by atoms with E-state index in [1.54, 1.807) is 0 Å². The number of aliphatic hydroxyl groups is 2. The van der Waals surface area contributed by atoms with Crippen LogP contribution in [0.2, 0.25) is 0 Å². The molecule has 2 rings (SSSR count). The topological polar surface area (TPSA) is 99.7 Å². The van der Waals surface area contributed by atoms with Crippen LogP contribution in [0.15, 0.2) is 24.0 Å². The predicted octanol–water partition coefficient (Wildman–Crippen LogP) is -0.755. The molecule has 0 amide bonds. The van der Waals surface area contributed by atoms with Gasteiger partial charge in [0.05, 0.1) is 11.0 Å². The van der Waals surface area contributed by atoms with Crippen molar-refractivity contribution in [3.8, 4) is 0 Å². The van der Waals surface area contributed by atoms with Crippen LogP contribution < -0.4 is 5.23 Å². The second kappa shape index (κ2) is 3.11. The summed E-state index contributed by atoms with van der Waals surface area (Å²) in [7, 11) is 0.383. The van der Waals surface area contributed by atoms with Crippen molar-refractivity contribution >= 4 is 13.4 Å². The summed E-state index contributed by atoms with van der Waals surface area (Å²) in [5.74, 6) is -0.837. The highest BCUT2D eigenvalue weighted by Gasteiger charge is 2.55. The summed E-state index contributed by atoms with van der Waals surface area (Å²) >= 11 is 0. The van der Waals surface area contributed by atoms with E-state index in [4.69, 9.17) is 10.2 Å². The highest BCUT2D eigenvalue weighted by atomic mass is 16.4. The van der Waals surface area contributed by atoms with Gasteiger partial charge in [-0.05, 0) is 18.2 Å². The minimum absolute atomic E-state index is 0.104. The van der Waals surface area contributed by atoms with Crippen LogP contribution in [0.4, 0.5) is 0 Å². The van der Waals surface area contributed by atoms with Gasteiger partial charge in [0.25, 0.3) is 0 Å². The van der Waals surface area contributed by atoms with Crippen molar-refractivity contribution in [1.82, 2.24) is 5.23 Å². The molecule has 0 aromatic rings. The number of rotatable bonds is 3. The number of carbonyl (C=O) groups is 1. The van der Waals surface area contributed by atoms with Gasteiger partial charge >= 0.3 is 5.97 Å². The number of hydrogen-bond acceptors (Lipinski definition) is 4. The zero-order valence-electron chi connectivity index (χ0n) is 8.10. The number of aliphatic carboxylic acids is 1. The molecule has 0 aromatic carbocycles. The molecule has 0 aromatic heterocycles. The fourth-order valence-electron chi connectivity index (χ4n) is 1.77. The molecule has 1 heterocycles. The average Bonchev–Trinajstić information content (AvgIpc) is 2.92. The molecule has 1 unspecified atom stereocenters. The molecule has 1 saturated heterocycles. The Hall–Kier alpha value is -1.27. The number of carboxylic acids is 1. The second-order valence-electron chi connectivity index (χ2n) is 4.19. The number of allylic oxidation sites excluding steroid dienone is 1. The minimum Gasteiger partial charge on any atom is -0.508 e. The summed E-state index contributed by atoms with van der Waals surface area (Å²) in [5, 5.41) is 30.9. The van der Waals surface area contributed by atoms with Gasteiger partial charge in [0, 0.05) is 12.8 Å². The summed E-state index contributed by atoms with van der Waals surface area (Å²) in [5.41, 5.74) is -2.16. The van der Waals surface area contributed by atoms with Crippen molar-refractivity contribution < 1.29 is 20.1 Å². The van der Waals surface area contributed by atoms with Crippen LogP contribution in [-0.2, 0) is 4.79 Å². The van der Waals surface area contributed by atoms with E-state index in [0.29, 0.717) is 7.41 Å². The van der Waals surface area contributed by atoms with E-state index in [-0.39, 0.29) is 18.6 Å². The van der Waals surface area contributed by atoms with Crippen LogP contribution in [0.5, 0.6) is 0 Å². The maximum atomic E-state index is 10.9. The molecule has 1 fully saturated rings. The summed E-state index contributed by atoms with van der Waals surface area (Å²) < 4.78 is 0. The summed E-state index contributed by atoms with van der Waals surface area (Å²) in [6, 6.07) is 0. The molecular formula is C9H12BNO4. The van der Waals surface area contributed by atoms with Crippen molar-refractivity contribution in [2.75, 3.05) is 0 Å². The van der Waals surface area contributed by atoms with Gasteiger partial charge in [-0.25, -0.2) is 0 Å². The van der Waals surface area contributed by atoms with Crippen molar-refractivity contribution in [1.29, 1.82) is 0 Å². The highest BCUT2D eigenvalue weighted by Crippen LogP contribution is 2.32. The first kappa shape index (κ1) is 10.3. The van der Waals surface area contributed by atoms with E-state index < -0.39 is 17.0 Å². The minimum atomic E-state index is -1.17. The molecule has 1 aliphatic carbocycles. The zero-order chi connectivity index (χ0) is 11.1. The lowest BCUT2D eigenvalue weighted by Gasteiger charge is -2.28. The van der Waals surface area contributed by atoms with Crippen LogP contribution in [0.3, 0.4) is 0 Å². The molecule has 0 spiro atoms. The number of nitrogens with one attached hydrogen (secondary N) is 1. The number of carboxylic acid groups (broad SMARTS) is 1. The van der Waals surface area contributed by atoms with Crippen LogP contribution >= 0.6 is 0 Å². The zero-order valence-corrected chi connectivity index (χ0v) is 8.10. The third-order valence-corrected chi connectivity index (χ3v) is 2.85. The Kier molecular flexibility index (Phi) is 2.13. The maximum Gasteiger partial charge on any atom is 0.316 e. The normalized spacial score (nSPS) is 38.1. The third-order valence-electron chi connectivity index (χ3n) is 2.85. The van der Waals surface area contributed by atoms with E-state index >= 15 is 0 Å². The third kappa shape index (κ3) is 1.91. The van der Waals surface area contributed by atoms with Gasteiger partial charge in [-0.15, -0.1) is 0 Å². The lowest BCUT2D eigenvalue weighted by molar-refractivity contribution is -0.140. The van der Waals surface area contributed by atoms with Gasteiger partial charge in [-0.3, -0.25) is 4.79 Å². The van der Waals surface area contributed by atoms with Gasteiger partial charge in [0.15, 0.2) is 0 Å². The molecule has 6 heteroatoms.